The summed E-state index contributed by atoms with van der Waals surface area (Å²) in [5.41, 5.74) is 0. The summed E-state index contributed by atoms with van der Waals surface area (Å²) in [5, 5.41) is 8.65. The lowest BCUT2D eigenvalue weighted by Crippen LogP contribution is -2.29. The van der Waals surface area contributed by atoms with E-state index in [0.717, 1.165) is 6.07 Å². The minimum absolute atomic E-state index is 0.00869. The molecular formula is C13H15BrFNO4S. The lowest BCUT2D eigenvalue weighted by Gasteiger charge is -2.17. The lowest BCUT2D eigenvalue weighted by atomic mass is 10.0. The molecule has 1 N–H and O–H groups in total. The molecule has 116 valence electrons. The van der Waals surface area contributed by atoms with Gasteiger partial charge in [0, 0.05) is 24.0 Å². The summed E-state index contributed by atoms with van der Waals surface area (Å²) >= 11 is 3.09. The largest absolute Gasteiger partial charge is 0.481 e. The van der Waals surface area contributed by atoms with Gasteiger partial charge >= 0.3 is 5.97 Å². The Labute approximate surface area is 130 Å². The van der Waals surface area contributed by atoms with E-state index in [2.05, 4.69) is 15.9 Å². The molecular weight excluding hydrogens is 365 g/mol. The van der Waals surface area contributed by atoms with Crippen LogP contribution >= 0.6 is 15.9 Å². The number of halogens is 2. The molecule has 0 amide bonds. The van der Waals surface area contributed by atoms with Gasteiger partial charge in [0.15, 0.2) is 0 Å². The highest BCUT2D eigenvalue weighted by Gasteiger charge is 2.34. The molecule has 8 heteroatoms. The molecule has 0 aromatic heterocycles. The van der Waals surface area contributed by atoms with Crippen molar-refractivity contribution in [1.29, 1.82) is 0 Å². The molecule has 0 radical (unpaired) electrons. The van der Waals surface area contributed by atoms with Crippen LogP contribution in [0.25, 0.3) is 0 Å². The molecule has 0 saturated carbocycles. The highest BCUT2D eigenvalue weighted by Crippen LogP contribution is 2.29. The average Bonchev–Trinajstić information content (AvgIpc) is 2.85. The number of sulfonamides is 1. The van der Waals surface area contributed by atoms with Crippen LogP contribution in [0.3, 0.4) is 0 Å². The first-order valence-corrected chi connectivity index (χ1v) is 8.71. The summed E-state index contributed by atoms with van der Waals surface area (Å²) in [4.78, 5) is 10.2. The second kappa shape index (κ2) is 6.41. The van der Waals surface area contributed by atoms with E-state index in [9.17, 15) is 17.6 Å². The van der Waals surface area contributed by atoms with Crippen molar-refractivity contribution in [3.8, 4) is 0 Å². The lowest BCUT2D eigenvalue weighted by molar-refractivity contribution is -0.137. The average molecular weight is 380 g/mol. The monoisotopic (exact) mass is 379 g/mol. The van der Waals surface area contributed by atoms with Gasteiger partial charge in [-0.05, 0) is 37.0 Å². The highest BCUT2D eigenvalue weighted by molar-refractivity contribution is 9.10. The SMILES string of the molecule is O=C(O)CCC1CCN(S(=O)(=O)c2ccc(Br)cc2F)C1. The molecule has 1 unspecified atom stereocenters. The molecule has 1 fully saturated rings. The van der Waals surface area contributed by atoms with Crippen molar-refractivity contribution in [3.63, 3.8) is 0 Å². The predicted molar refractivity (Wildman–Crippen MR) is 77.8 cm³/mol. The Morgan fingerprint density at radius 3 is 2.81 bits per heavy atom. The van der Waals surface area contributed by atoms with Gasteiger partial charge in [-0.25, -0.2) is 12.8 Å². The van der Waals surface area contributed by atoms with Crippen LogP contribution in [-0.4, -0.2) is 36.9 Å². The molecule has 1 saturated heterocycles. The maximum Gasteiger partial charge on any atom is 0.303 e. The van der Waals surface area contributed by atoms with Crippen molar-refractivity contribution in [2.75, 3.05) is 13.1 Å². The van der Waals surface area contributed by atoms with Crippen molar-refractivity contribution in [2.45, 2.75) is 24.2 Å². The first kappa shape index (κ1) is 16.4. The van der Waals surface area contributed by atoms with Gasteiger partial charge in [-0.15, -0.1) is 0 Å². The third-order valence-electron chi connectivity index (χ3n) is 3.53. The van der Waals surface area contributed by atoms with Gasteiger partial charge in [0.1, 0.15) is 10.7 Å². The Hall–Kier alpha value is -0.990. The highest BCUT2D eigenvalue weighted by atomic mass is 79.9. The fraction of sp³-hybridized carbons (Fsp3) is 0.462. The third-order valence-corrected chi connectivity index (χ3v) is 5.92. The zero-order chi connectivity index (χ0) is 15.6. The molecule has 1 aromatic carbocycles. The topological polar surface area (TPSA) is 74.7 Å². The van der Waals surface area contributed by atoms with Crippen molar-refractivity contribution in [1.82, 2.24) is 4.31 Å². The molecule has 0 bridgehead atoms. The molecule has 1 aromatic rings. The van der Waals surface area contributed by atoms with E-state index in [1.807, 2.05) is 0 Å². The zero-order valence-corrected chi connectivity index (χ0v) is 13.5. The van der Waals surface area contributed by atoms with Crippen molar-refractivity contribution >= 4 is 31.9 Å². The molecule has 1 atom stereocenters. The number of benzene rings is 1. The maximum atomic E-state index is 13.8. The van der Waals surface area contributed by atoms with E-state index >= 15 is 0 Å². The number of carbonyl (C=O) groups is 1. The number of hydrogen-bond acceptors (Lipinski definition) is 3. The van der Waals surface area contributed by atoms with Gasteiger partial charge in [-0.2, -0.15) is 4.31 Å². The number of nitrogens with zero attached hydrogens (tertiary/aromatic N) is 1. The van der Waals surface area contributed by atoms with Crippen LogP contribution in [0.15, 0.2) is 27.6 Å². The maximum absolute atomic E-state index is 13.8. The first-order valence-electron chi connectivity index (χ1n) is 6.47. The Morgan fingerprint density at radius 2 is 2.19 bits per heavy atom. The first-order chi connectivity index (χ1) is 9.80. The van der Waals surface area contributed by atoms with Crippen LogP contribution in [0.4, 0.5) is 4.39 Å². The number of aliphatic carboxylic acids is 1. The Balaban J connectivity index is 2.12. The van der Waals surface area contributed by atoms with Crippen LogP contribution < -0.4 is 0 Å². The van der Waals surface area contributed by atoms with Crippen LogP contribution in [0.2, 0.25) is 0 Å². The number of rotatable bonds is 5. The summed E-state index contributed by atoms with van der Waals surface area (Å²) in [6, 6.07) is 3.83. The molecule has 2 rings (SSSR count). The van der Waals surface area contributed by atoms with E-state index < -0.39 is 21.8 Å². The minimum Gasteiger partial charge on any atom is -0.481 e. The van der Waals surface area contributed by atoms with Crippen molar-refractivity contribution in [2.24, 2.45) is 5.92 Å². The van der Waals surface area contributed by atoms with E-state index in [1.165, 1.54) is 16.4 Å². The zero-order valence-electron chi connectivity index (χ0n) is 11.1. The van der Waals surface area contributed by atoms with Gasteiger partial charge in [0.05, 0.1) is 0 Å². The van der Waals surface area contributed by atoms with Crippen LogP contribution in [0.5, 0.6) is 0 Å². The van der Waals surface area contributed by atoms with Gasteiger partial charge in [-0.3, -0.25) is 4.79 Å². The van der Waals surface area contributed by atoms with E-state index in [4.69, 9.17) is 5.11 Å². The van der Waals surface area contributed by atoms with Gasteiger partial charge < -0.3 is 5.11 Å². The molecule has 0 aliphatic carbocycles. The number of carboxylic acid groups (broad SMARTS) is 1. The number of carboxylic acids is 1. The Morgan fingerprint density at radius 1 is 1.48 bits per heavy atom. The smallest absolute Gasteiger partial charge is 0.303 e. The van der Waals surface area contributed by atoms with Crippen molar-refractivity contribution in [3.05, 3.63) is 28.5 Å². The normalized spacial score (nSPS) is 19.8. The van der Waals surface area contributed by atoms with E-state index in [1.54, 1.807) is 0 Å². The van der Waals surface area contributed by atoms with Gasteiger partial charge in [0.2, 0.25) is 10.0 Å². The quantitative estimate of drug-likeness (QED) is 0.852. The van der Waals surface area contributed by atoms with Gasteiger partial charge in [-0.1, -0.05) is 15.9 Å². The molecule has 1 heterocycles. The van der Waals surface area contributed by atoms with Crippen LogP contribution in [-0.2, 0) is 14.8 Å². The predicted octanol–water partition coefficient (Wildman–Crippen LogP) is 2.46. The third kappa shape index (κ3) is 3.81. The fourth-order valence-electron chi connectivity index (χ4n) is 2.40. The van der Waals surface area contributed by atoms with E-state index in [-0.39, 0.29) is 23.8 Å². The molecule has 0 spiro atoms. The summed E-state index contributed by atoms with van der Waals surface area (Å²) in [6.45, 7) is 0.535. The van der Waals surface area contributed by atoms with Crippen molar-refractivity contribution < 1.29 is 22.7 Å². The molecule has 1 aliphatic rings. The second-order valence-corrected chi connectivity index (χ2v) is 7.85. The summed E-state index contributed by atoms with van der Waals surface area (Å²) in [5.74, 6) is -1.68. The number of hydrogen-bond donors (Lipinski definition) is 1. The summed E-state index contributed by atoms with van der Waals surface area (Å²) in [7, 11) is -3.87. The summed E-state index contributed by atoms with van der Waals surface area (Å²) < 4.78 is 40.3. The molecule has 5 nitrogen and oxygen atoms in total. The molecule has 1 aliphatic heterocycles. The summed E-state index contributed by atoms with van der Waals surface area (Å²) in [6.07, 6.45) is 1.06. The standard InChI is InChI=1S/C13H15BrFNO4S/c14-10-2-3-12(11(15)7-10)21(19,20)16-6-5-9(8-16)1-4-13(17)18/h2-3,7,9H,1,4-6,8H2,(H,17,18). The second-order valence-electron chi connectivity index (χ2n) is 5.02. The Kier molecular flexibility index (Phi) is 5.00. The van der Waals surface area contributed by atoms with E-state index in [0.29, 0.717) is 23.9 Å². The minimum atomic E-state index is -3.87. The molecule has 21 heavy (non-hydrogen) atoms. The Bertz CT molecular complexity index is 650. The fourth-order valence-corrected chi connectivity index (χ4v) is 4.31. The van der Waals surface area contributed by atoms with Crippen LogP contribution in [0, 0.1) is 11.7 Å². The van der Waals surface area contributed by atoms with Crippen LogP contribution in [0.1, 0.15) is 19.3 Å². The van der Waals surface area contributed by atoms with Gasteiger partial charge in [0.25, 0.3) is 0 Å².